The lowest BCUT2D eigenvalue weighted by atomic mass is 10.0. The molecule has 0 fully saturated rings. The number of rotatable bonds is 8. The Hall–Kier alpha value is -2.44. The zero-order valence-electron chi connectivity index (χ0n) is 14.0. The van der Waals surface area contributed by atoms with Gasteiger partial charge in [-0.1, -0.05) is 13.0 Å². The number of carbonyl (C=O) groups excluding carboxylic acids is 2. The smallest absolute Gasteiger partial charge is 0.404 e. The highest BCUT2D eigenvalue weighted by atomic mass is 16.5. The number of hydrogen-bond acceptors (Lipinski definition) is 5. The van der Waals surface area contributed by atoms with Crippen molar-refractivity contribution in [2.45, 2.75) is 19.8 Å². The molecule has 5 N–H and O–H groups in total. The van der Waals surface area contributed by atoms with Gasteiger partial charge < -0.3 is 26.4 Å². The van der Waals surface area contributed by atoms with Gasteiger partial charge in [0.2, 0.25) is 0 Å². The molecule has 2 amide bonds. The van der Waals surface area contributed by atoms with Crippen LogP contribution in [0.5, 0.6) is 0 Å². The number of nitrogens with one attached hydrogen (secondary N) is 1. The zero-order chi connectivity index (χ0) is 17.4. The normalized spacial score (nSPS) is 11.6. The number of nitrogens with zero attached hydrogens (tertiary/aromatic N) is 1. The van der Waals surface area contributed by atoms with E-state index in [0.29, 0.717) is 36.0 Å². The quantitative estimate of drug-likeness (QED) is 0.500. The average molecular weight is 322 g/mol. The molecule has 1 aromatic carbocycles. The first-order chi connectivity index (χ1) is 10.8. The van der Waals surface area contributed by atoms with Crippen molar-refractivity contribution in [3.05, 3.63) is 23.8 Å². The van der Waals surface area contributed by atoms with E-state index >= 15 is 0 Å². The van der Waals surface area contributed by atoms with E-state index < -0.39 is 6.09 Å². The first-order valence-corrected chi connectivity index (χ1v) is 7.59. The summed E-state index contributed by atoms with van der Waals surface area (Å²) in [6.45, 7) is 3.06. The van der Waals surface area contributed by atoms with Crippen LogP contribution in [-0.2, 0) is 4.74 Å². The summed E-state index contributed by atoms with van der Waals surface area (Å²) < 4.78 is 4.70. The maximum Gasteiger partial charge on any atom is 0.404 e. The van der Waals surface area contributed by atoms with Crippen molar-refractivity contribution >= 4 is 23.4 Å². The standard InChI is InChI=1S/C16H26N4O3/c1-11(6-5-9-23-16(18)22)10-19-14-12(15(21)20(2)3)7-4-8-13(14)17/h4,7-8,11,19H,5-6,9-10,17H2,1-3H3,(H2,18,22). The molecule has 1 aromatic rings. The van der Waals surface area contributed by atoms with Gasteiger partial charge in [-0.2, -0.15) is 0 Å². The molecule has 1 rings (SSSR count). The third-order valence-electron chi connectivity index (χ3n) is 3.45. The number of carbonyl (C=O) groups is 2. The molecule has 1 atom stereocenters. The molecule has 0 aliphatic carbocycles. The van der Waals surface area contributed by atoms with E-state index in [-0.39, 0.29) is 5.91 Å². The second kappa shape index (κ2) is 8.87. The Morgan fingerprint density at radius 1 is 1.35 bits per heavy atom. The Morgan fingerprint density at radius 2 is 2.04 bits per heavy atom. The number of primary amides is 1. The highest BCUT2D eigenvalue weighted by Gasteiger charge is 2.15. The summed E-state index contributed by atoms with van der Waals surface area (Å²) in [6, 6.07) is 5.29. The zero-order valence-corrected chi connectivity index (χ0v) is 14.0. The first-order valence-electron chi connectivity index (χ1n) is 7.59. The van der Waals surface area contributed by atoms with Crippen LogP contribution < -0.4 is 16.8 Å². The van der Waals surface area contributed by atoms with Gasteiger partial charge in [-0.25, -0.2) is 4.79 Å². The average Bonchev–Trinajstić information content (AvgIpc) is 2.49. The van der Waals surface area contributed by atoms with Gasteiger partial charge in [-0.3, -0.25) is 4.79 Å². The molecule has 0 bridgehead atoms. The van der Waals surface area contributed by atoms with E-state index in [4.69, 9.17) is 16.2 Å². The van der Waals surface area contributed by atoms with Crippen LogP contribution in [0, 0.1) is 5.92 Å². The SMILES string of the molecule is CC(CCCOC(N)=O)CNc1c(N)cccc1C(=O)N(C)C. The fraction of sp³-hybridized carbons (Fsp3) is 0.500. The Bertz CT molecular complexity index is 546. The number of nitrogen functional groups attached to an aromatic ring is 1. The number of anilines is 2. The van der Waals surface area contributed by atoms with Crippen molar-refractivity contribution in [2.24, 2.45) is 11.7 Å². The van der Waals surface area contributed by atoms with Crippen LogP contribution in [0.15, 0.2) is 18.2 Å². The molecular weight excluding hydrogens is 296 g/mol. The Balaban J connectivity index is 2.60. The number of ether oxygens (including phenoxy) is 1. The van der Waals surface area contributed by atoms with Crippen LogP contribution in [0.1, 0.15) is 30.1 Å². The van der Waals surface area contributed by atoms with Gasteiger partial charge in [0, 0.05) is 20.6 Å². The van der Waals surface area contributed by atoms with E-state index in [2.05, 4.69) is 12.2 Å². The van der Waals surface area contributed by atoms with Crippen LogP contribution in [0.25, 0.3) is 0 Å². The maximum absolute atomic E-state index is 12.2. The Labute approximate surface area is 137 Å². The summed E-state index contributed by atoms with van der Waals surface area (Å²) in [5, 5.41) is 3.26. The van der Waals surface area contributed by atoms with E-state index in [1.807, 2.05) is 0 Å². The second-order valence-electron chi connectivity index (χ2n) is 5.77. The summed E-state index contributed by atoms with van der Waals surface area (Å²) in [4.78, 5) is 24.2. The lowest BCUT2D eigenvalue weighted by Crippen LogP contribution is -2.24. The third-order valence-corrected chi connectivity index (χ3v) is 3.45. The van der Waals surface area contributed by atoms with Crippen LogP contribution in [-0.4, -0.2) is 44.1 Å². The van der Waals surface area contributed by atoms with Gasteiger partial charge in [0.1, 0.15) is 0 Å². The predicted molar refractivity (Wildman–Crippen MR) is 91.3 cm³/mol. The van der Waals surface area contributed by atoms with E-state index in [1.165, 1.54) is 4.90 Å². The molecule has 0 heterocycles. The molecule has 0 aliphatic rings. The molecule has 0 aliphatic heterocycles. The van der Waals surface area contributed by atoms with Crippen molar-refractivity contribution in [3.8, 4) is 0 Å². The van der Waals surface area contributed by atoms with E-state index in [9.17, 15) is 9.59 Å². The number of hydrogen-bond donors (Lipinski definition) is 3. The highest BCUT2D eigenvalue weighted by Crippen LogP contribution is 2.25. The van der Waals surface area contributed by atoms with Gasteiger partial charge in [0.25, 0.3) is 5.91 Å². The van der Waals surface area contributed by atoms with Gasteiger partial charge in [0.05, 0.1) is 23.5 Å². The van der Waals surface area contributed by atoms with Crippen molar-refractivity contribution < 1.29 is 14.3 Å². The van der Waals surface area contributed by atoms with Crippen molar-refractivity contribution in [3.63, 3.8) is 0 Å². The second-order valence-corrected chi connectivity index (χ2v) is 5.77. The summed E-state index contributed by atoms with van der Waals surface area (Å²) in [7, 11) is 3.41. The molecule has 7 heteroatoms. The topological polar surface area (TPSA) is 111 Å². The molecule has 128 valence electrons. The lowest BCUT2D eigenvalue weighted by molar-refractivity contribution is 0.0828. The Morgan fingerprint density at radius 3 is 2.65 bits per heavy atom. The van der Waals surface area contributed by atoms with Crippen LogP contribution in [0.2, 0.25) is 0 Å². The molecule has 0 saturated carbocycles. The minimum absolute atomic E-state index is 0.0951. The predicted octanol–water partition coefficient (Wildman–Crippen LogP) is 1.89. The van der Waals surface area contributed by atoms with Gasteiger partial charge in [-0.15, -0.1) is 0 Å². The van der Waals surface area contributed by atoms with Crippen LogP contribution in [0.4, 0.5) is 16.2 Å². The molecule has 1 unspecified atom stereocenters. The van der Waals surface area contributed by atoms with Gasteiger partial charge >= 0.3 is 6.09 Å². The Kier molecular flexibility index (Phi) is 7.18. The number of para-hydroxylation sites is 1. The minimum Gasteiger partial charge on any atom is -0.450 e. The molecule has 0 spiro atoms. The monoisotopic (exact) mass is 322 g/mol. The van der Waals surface area contributed by atoms with E-state index in [0.717, 1.165) is 12.8 Å². The van der Waals surface area contributed by atoms with Gasteiger partial charge in [-0.05, 0) is 30.9 Å². The van der Waals surface area contributed by atoms with Crippen LogP contribution in [0.3, 0.4) is 0 Å². The molecule has 7 nitrogen and oxygen atoms in total. The maximum atomic E-state index is 12.2. The number of amides is 2. The molecule has 0 saturated heterocycles. The first kappa shape index (κ1) is 18.6. The van der Waals surface area contributed by atoms with Crippen LogP contribution >= 0.6 is 0 Å². The fourth-order valence-electron chi connectivity index (χ4n) is 2.17. The summed E-state index contributed by atoms with van der Waals surface area (Å²) in [6.07, 6.45) is 0.850. The van der Waals surface area contributed by atoms with Crippen molar-refractivity contribution in [1.82, 2.24) is 4.90 Å². The molecule has 0 aromatic heterocycles. The van der Waals surface area contributed by atoms with Crippen molar-refractivity contribution in [2.75, 3.05) is 38.3 Å². The summed E-state index contributed by atoms with van der Waals surface area (Å²) >= 11 is 0. The molecular formula is C16H26N4O3. The summed E-state index contributed by atoms with van der Waals surface area (Å²) in [5.74, 6) is 0.232. The minimum atomic E-state index is -0.750. The lowest BCUT2D eigenvalue weighted by Gasteiger charge is -2.19. The van der Waals surface area contributed by atoms with E-state index in [1.54, 1.807) is 32.3 Å². The molecule has 23 heavy (non-hydrogen) atoms. The number of nitrogens with two attached hydrogens (primary N) is 2. The number of benzene rings is 1. The molecule has 0 radical (unpaired) electrons. The summed E-state index contributed by atoms with van der Waals surface area (Å²) in [5.41, 5.74) is 12.7. The highest BCUT2D eigenvalue weighted by molar-refractivity contribution is 6.01. The van der Waals surface area contributed by atoms with Crippen molar-refractivity contribution in [1.29, 1.82) is 0 Å². The third kappa shape index (κ3) is 6.06. The fourth-order valence-corrected chi connectivity index (χ4v) is 2.17. The van der Waals surface area contributed by atoms with Gasteiger partial charge in [0.15, 0.2) is 0 Å². The largest absolute Gasteiger partial charge is 0.450 e.